The first-order valence-electron chi connectivity index (χ1n) is 5.24. The van der Waals surface area contributed by atoms with Gasteiger partial charge < -0.3 is 9.53 Å². The molecule has 0 N–H and O–H groups in total. The summed E-state index contributed by atoms with van der Waals surface area (Å²) in [5.74, 6) is 0. The Kier molecular flexibility index (Phi) is 4.04. The van der Waals surface area contributed by atoms with Gasteiger partial charge in [0.05, 0.1) is 11.5 Å². The fourth-order valence-corrected chi connectivity index (χ4v) is 1.60. The van der Waals surface area contributed by atoms with Gasteiger partial charge in [-0.25, -0.2) is 0 Å². The molecule has 2 nitrogen and oxygen atoms in total. The third-order valence-electron chi connectivity index (χ3n) is 2.42. The molecule has 0 aliphatic carbocycles. The number of ether oxygens (including phenoxy) is 1. The highest BCUT2D eigenvalue weighted by Crippen LogP contribution is 2.34. The molecule has 0 spiro atoms. The molecule has 1 aromatic carbocycles. The van der Waals surface area contributed by atoms with Crippen molar-refractivity contribution in [1.82, 2.24) is 0 Å². The number of rotatable bonds is 5. The SMILES string of the molecule is CCOC(c1ccccc1)C(C)(C)C=O. The fraction of sp³-hybridized carbons (Fsp3) is 0.462. The van der Waals surface area contributed by atoms with Gasteiger partial charge in [-0.3, -0.25) is 0 Å². The molecule has 0 heterocycles. The first-order chi connectivity index (χ1) is 7.11. The first-order valence-corrected chi connectivity index (χ1v) is 5.24. The van der Waals surface area contributed by atoms with Crippen LogP contribution in [0.2, 0.25) is 0 Å². The summed E-state index contributed by atoms with van der Waals surface area (Å²) in [7, 11) is 0. The Balaban J connectivity index is 2.98. The number of aldehydes is 1. The Labute approximate surface area is 91.3 Å². The second kappa shape index (κ2) is 5.08. The van der Waals surface area contributed by atoms with E-state index in [2.05, 4.69) is 0 Å². The van der Waals surface area contributed by atoms with E-state index in [9.17, 15) is 4.79 Å². The lowest BCUT2D eigenvalue weighted by molar-refractivity contribution is -0.123. The molecule has 1 unspecified atom stereocenters. The summed E-state index contributed by atoms with van der Waals surface area (Å²) >= 11 is 0. The molecule has 0 amide bonds. The Bertz CT molecular complexity index is 304. The van der Waals surface area contributed by atoms with E-state index in [0.29, 0.717) is 6.61 Å². The Morgan fingerprint density at radius 3 is 2.40 bits per heavy atom. The smallest absolute Gasteiger partial charge is 0.128 e. The van der Waals surface area contributed by atoms with Gasteiger partial charge in [-0.05, 0) is 12.5 Å². The largest absolute Gasteiger partial charge is 0.373 e. The van der Waals surface area contributed by atoms with E-state index in [4.69, 9.17) is 4.74 Å². The summed E-state index contributed by atoms with van der Waals surface area (Å²) in [6.45, 7) is 6.34. The minimum atomic E-state index is -0.489. The molecule has 0 aliphatic rings. The Morgan fingerprint density at radius 1 is 1.33 bits per heavy atom. The maximum Gasteiger partial charge on any atom is 0.128 e. The summed E-state index contributed by atoms with van der Waals surface area (Å²) in [5, 5.41) is 0. The number of hydrogen-bond donors (Lipinski definition) is 0. The molecule has 0 saturated heterocycles. The van der Waals surface area contributed by atoms with Crippen molar-refractivity contribution >= 4 is 6.29 Å². The van der Waals surface area contributed by atoms with Crippen LogP contribution >= 0.6 is 0 Å². The maximum atomic E-state index is 11.0. The normalized spacial score (nSPS) is 13.5. The van der Waals surface area contributed by atoms with Gasteiger partial charge in [-0.1, -0.05) is 44.2 Å². The second-order valence-electron chi connectivity index (χ2n) is 4.19. The van der Waals surface area contributed by atoms with Crippen LogP contribution in [0.5, 0.6) is 0 Å². The quantitative estimate of drug-likeness (QED) is 0.692. The standard InChI is InChI=1S/C13H18O2/c1-4-15-12(13(2,3)10-14)11-8-6-5-7-9-11/h5-10,12H,4H2,1-3H3. The van der Waals surface area contributed by atoms with Gasteiger partial charge in [0.1, 0.15) is 6.29 Å². The summed E-state index contributed by atoms with van der Waals surface area (Å²) in [6, 6.07) is 9.86. The van der Waals surface area contributed by atoms with Gasteiger partial charge in [0, 0.05) is 6.61 Å². The topological polar surface area (TPSA) is 26.3 Å². The van der Waals surface area contributed by atoms with E-state index in [0.717, 1.165) is 11.8 Å². The molecule has 82 valence electrons. The summed E-state index contributed by atoms with van der Waals surface area (Å²) in [6.07, 6.45) is 0.793. The van der Waals surface area contributed by atoms with Crippen molar-refractivity contribution in [2.24, 2.45) is 5.41 Å². The van der Waals surface area contributed by atoms with Crippen molar-refractivity contribution in [2.45, 2.75) is 26.9 Å². The molecule has 0 bridgehead atoms. The number of benzene rings is 1. The zero-order valence-electron chi connectivity index (χ0n) is 9.57. The van der Waals surface area contributed by atoms with E-state index in [-0.39, 0.29) is 6.10 Å². The van der Waals surface area contributed by atoms with Crippen LogP contribution in [0.1, 0.15) is 32.4 Å². The van der Waals surface area contributed by atoms with Gasteiger partial charge in [-0.15, -0.1) is 0 Å². The Morgan fingerprint density at radius 2 is 1.93 bits per heavy atom. The van der Waals surface area contributed by atoms with E-state index in [1.54, 1.807) is 0 Å². The van der Waals surface area contributed by atoms with Crippen molar-refractivity contribution in [3.63, 3.8) is 0 Å². The van der Waals surface area contributed by atoms with Crippen LogP contribution < -0.4 is 0 Å². The molecule has 0 aromatic heterocycles. The van der Waals surface area contributed by atoms with Crippen LogP contribution in [0.15, 0.2) is 30.3 Å². The molecule has 1 aromatic rings. The van der Waals surface area contributed by atoms with Crippen LogP contribution in [0.25, 0.3) is 0 Å². The van der Waals surface area contributed by atoms with Gasteiger partial charge in [-0.2, -0.15) is 0 Å². The summed E-state index contributed by atoms with van der Waals surface area (Å²) in [5.41, 5.74) is 0.564. The lowest BCUT2D eigenvalue weighted by Crippen LogP contribution is -2.26. The molecule has 1 rings (SSSR count). The first kappa shape index (κ1) is 11.9. The van der Waals surface area contributed by atoms with Gasteiger partial charge in [0.2, 0.25) is 0 Å². The zero-order chi connectivity index (χ0) is 11.3. The average Bonchev–Trinajstić information content (AvgIpc) is 2.27. The number of carbonyl (C=O) groups excluding carboxylic acids is 1. The summed E-state index contributed by atoms with van der Waals surface area (Å²) in [4.78, 5) is 11.0. The van der Waals surface area contributed by atoms with Crippen molar-refractivity contribution < 1.29 is 9.53 Å². The Hall–Kier alpha value is -1.15. The average molecular weight is 206 g/mol. The van der Waals surface area contributed by atoms with E-state index >= 15 is 0 Å². The maximum absolute atomic E-state index is 11.0. The molecular formula is C13H18O2. The predicted octanol–water partition coefficient (Wildman–Crippen LogP) is 2.99. The molecule has 0 fully saturated rings. The number of hydrogen-bond acceptors (Lipinski definition) is 2. The van der Waals surface area contributed by atoms with Crippen molar-refractivity contribution in [2.75, 3.05) is 6.61 Å². The third-order valence-corrected chi connectivity index (χ3v) is 2.42. The monoisotopic (exact) mass is 206 g/mol. The fourth-order valence-electron chi connectivity index (χ4n) is 1.60. The van der Waals surface area contributed by atoms with Crippen LogP contribution in [0, 0.1) is 5.41 Å². The lowest BCUT2D eigenvalue weighted by Gasteiger charge is -2.29. The molecule has 2 heteroatoms. The minimum absolute atomic E-state index is 0.166. The van der Waals surface area contributed by atoms with E-state index in [1.165, 1.54) is 0 Å². The zero-order valence-corrected chi connectivity index (χ0v) is 9.57. The van der Waals surface area contributed by atoms with Crippen LogP contribution in [0.3, 0.4) is 0 Å². The molecular weight excluding hydrogens is 188 g/mol. The van der Waals surface area contributed by atoms with Crippen molar-refractivity contribution in [1.29, 1.82) is 0 Å². The molecule has 0 radical (unpaired) electrons. The number of carbonyl (C=O) groups is 1. The van der Waals surface area contributed by atoms with Gasteiger partial charge in [0.15, 0.2) is 0 Å². The minimum Gasteiger partial charge on any atom is -0.373 e. The van der Waals surface area contributed by atoms with Gasteiger partial charge in [0.25, 0.3) is 0 Å². The van der Waals surface area contributed by atoms with Crippen molar-refractivity contribution in [3.05, 3.63) is 35.9 Å². The molecule has 1 atom stereocenters. The molecule has 0 aliphatic heterocycles. The third kappa shape index (κ3) is 2.90. The molecule has 15 heavy (non-hydrogen) atoms. The molecule has 0 saturated carbocycles. The van der Waals surface area contributed by atoms with Gasteiger partial charge >= 0.3 is 0 Å². The highest BCUT2D eigenvalue weighted by Gasteiger charge is 2.30. The van der Waals surface area contributed by atoms with E-state index < -0.39 is 5.41 Å². The predicted molar refractivity (Wildman–Crippen MR) is 60.7 cm³/mol. The van der Waals surface area contributed by atoms with Crippen molar-refractivity contribution in [3.8, 4) is 0 Å². The van der Waals surface area contributed by atoms with Crippen LogP contribution in [-0.2, 0) is 9.53 Å². The highest BCUT2D eigenvalue weighted by atomic mass is 16.5. The second-order valence-corrected chi connectivity index (χ2v) is 4.19. The highest BCUT2D eigenvalue weighted by molar-refractivity contribution is 5.59. The van der Waals surface area contributed by atoms with E-state index in [1.807, 2.05) is 51.1 Å². The van der Waals surface area contributed by atoms with Crippen LogP contribution in [-0.4, -0.2) is 12.9 Å². The summed E-state index contributed by atoms with van der Waals surface area (Å²) < 4.78 is 5.65. The van der Waals surface area contributed by atoms with Crippen LogP contribution in [0.4, 0.5) is 0 Å². The lowest BCUT2D eigenvalue weighted by atomic mass is 9.84.